The lowest BCUT2D eigenvalue weighted by Gasteiger charge is -2.06. The molecule has 2 N–H and O–H groups in total. The van der Waals surface area contributed by atoms with Gasteiger partial charge in [-0.25, -0.2) is 10.4 Å². The number of nitrogens with one attached hydrogen (secondary N) is 2. The molecule has 7 nitrogen and oxygen atoms in total. The molecule has 0 fully saturated rings. The van der Waals surface area contributed by atoms with E-state index >= 15 is 0 Å². The summed E-state index contributed by atoms with van der Waals surface area (Å²) in [6.45, 7) is 0. The summed E-state index contributed by atoms with van der Waals surface area (Å²) in [7, 11) is 0. The van der Waals surface area contributed by atoms with Crippen molar-refractivity contribution in [2.24, 2.45) is 5.10 Å². The zero-order valence-corrected chi connectivity index (χ0v) is 16.8. The van der Waals surface area contributed by atoms with E-state index in [4.69, 9.17) is 5.26 Å². The Morgan fingerprint density at radius 3 is 2.34 bits per heavy atom. The highest BCUT2D eigenvalue weighted by Gasteiger charge is 2.12. The van der Waals surface area contributed by atoms with Crippen molar-refractivity contribution in [3.8, 4) is 34.5 Å². The van der Waals surface area contributed by atoms with Crippen LogP contribution in [0.3, 0.4) is 0 Å². The second-order valence-corrected chi connectivity index (χ2v) is 6.80. The Balaban J connectivity index is 1.57. The molecule has 0 amide bonds. The number of anilines is 1. The summed E-state index contributed by atoms with van der Waals surface area (Å²) in [5.74, 6) is 0.132. The Hall–Kier alpha value is -5.01. The molecular formula is C25H16N6O. The summed E-state index contributed by atoms with van der Waals surface area (Å²) in [5.41, 5.74) is 6.49. The topological polar surface area (TPSA) is 118 Å². The number of aromatic nitrogens is 2. The number of H-pyrrole nitrogens is 1. The summed E-state index contributed by atoms with van der Waals surface area (Å²) < 4.78 is 0. The Bertz CT molecular complexity index is 1420. The van der Waals surface area contributed by atoms with Crippen molar-refractivity contribution in [2.45, 2.75) is 0 Å². The number of nitrogens with zero attached hydrogens (tertiary/aromatic N) is 4. The van der Waals surface area contributed by atoms with Gasteiger partial charge >= 0.3 is 0 Å². The van der Waals surface area contributed by atoms with E-state index in [1.54, 1.807) is 30.5 Å². The van der Waals surface area contributed by atoms with Gasteiger partial charge in [-0.1, -0.05) is 60.7 Å². The van der Waals surface area contributed by atoms with Crippen molar-refractivity contribution in [2.75, 3.05) is 5.43 Å². The number of aromatic amines is 1. The van der Waals surface area contributed by atoms with Crippen LogP contribution in [0.1, 0.15) is 16.7 Å². The minimum absolute atomic E-state index is 0.0548. The van der Waals surface area contributed by atoms with Crippen LogP contribution in [0, 0.1) is 22.7 Å². The van der Waals surface area contributed by atoms with Crippen LogP contribution >= 0.6 is 0 Å². The fraction of sp³-hybridized carbons (Fsp3) is 0. The minimum atomic E-state index is -0.540. The molecule has 0 saturated carbocycles. The number of hydrazone groups is 1. The lowest BCUT2D eigenvalue weighted by Crippen LogP contribution is -2.16. The van der Waals surface area contributed by atoms with E-state index in [2.05, 4.69) is 26.6 Å². The maximum absolute atomic E-state index is 12.3. The number of benzene rings is 3. The monoisotopic (exact) mass is 416 g/mol. The van der Waals surface area contributed by atoms with Gasteiger partial charge in [-0.05, 0) is 34.9 Å². The van der Waals surface area contributed by atoms with Gasteiger partial charge in [0, 0.05) is 5.56 Å². The molecule has 0 radical (unpaired) electrons. The summed E-state index contributed by atoms with van der Waals surface area (Å²) in [4.78, 5) is 19.2. The third-order valence-corrected chi connectivity index (χ3v) is 4.70. The quantitative estimate of drug-likeness (QED) is 0.372. The first-order valence-electron chi connectivity index (χ1n) is 9.67. The largest absolute Gasteiger partial charge is 0.290 e. The van der Waals surface area contributed by atoms with E-state index in [0.717, 1.165) is 16.7 Å². The zero-order valence-electron chi connectivity index (χ0n) is 16.8. The molecule has 0 saturated heterocycles. The fourth-order valence-electron chi connectivity index (χ4n) is 3.14. The highest BCUT2D eigenvalue weighted by atomic mass is 16.1. The van der Waals surface area contributed by atoms with E-state index in [0.29, 0.717) is 11.1 Å². The van der Waals surface area contributed by atoms with E-state index in [9.17, 15) is 10.1 Å². The summed E-state index contributed by atoms with van der Waals surface area (Å²) in [5, 5.41) is 22.5. The maximum Gasteiger partial charge on any atom is 0.270 e. The van der Waals surface area contributed by atoms with Crippen molar-refractivity contribution >= 4 is 12.2 Å². The molecule has 0 unspecified atom stereocenters. The van der Waals surface area contributed by atoms with Gasteiger partial charge in [0.15, 0.2) is 0 Å². The Labute approximate surface area is 183 Å². The van der Waals surface area contributed by atoms with Gasteiger partial charge in [0.1, 0.15) is 11.6 Å². The molecule has 0 aliphatic rings. The van der Waals surface area contributed by atoms with Crippen LogP contribution in [-0.2, 0) is 0 Å². The Morgan fingerprint density at radius 1 is 0.875 bits per heavy atom. The van der Waals surface area contributed by atoms with Crippen molar-refractivity contribution in [1.82, 2.24) is 9.97 Å². The van der Waals surface area contributed by atoms with Crippen LogP contribution in [0.25, 0.3) is 22.4 Å². The average molecular weight is 416 g/mol. The van der Waals surface area contributed by atoms with Gasteiger partial charge in [0.25, 0.3) is 5.56 Å². The molecule has 0 bridgehead atoms. The van der Waals surface area contributed by atoms with Gasteiger partial charge in [-0.2, -0.15) is 15.6 Å². The predicted molar refractivity (Wildman–Crippen MR) is 123 cm³/mol. The normalized spacial score (nSPS) is 10.4. The van der Waals surface area contributed by atoms with Crippen LogP contribution in [0.2, 0.25) is 0 Å². The highest BCUT2D eigenvalue weighted by Crippen LogP contribution is 2.21. The van der Waals surface area contributed by atoms with Gasteiger partial charge in [0.05, 0.1) is 23.5 Å². The number of hydrogen-bond donors (Lipinski definition) is 2. The SMILES string of the molecule is N#Cc1ccc(-c2cccc(C=NNc3nc(-c4ccccc4)c(C#N)c(=O)[nH]3)c2)cc1. The first-order valence-corrected chi connectivity index (χ1v) is 9.67. The Morgan fingerprint density at radius 2 is 1.62 bits per heavy atom. The molecule has 4 rings (SSSR count). The molecule has 0 atom stereocenters. The van der Waals surface area contributed by atoms with E-state index < -0.39 is 5.56 Å². The molecule has 1 aromatic heterocycles. The van der Waals surface area contributed by atoms with Crippen LogP contribution in [0.4, 0.5) is 5.95 Å². The number of hydrogen-bond acceptors (Lipinski definition) is 6. The molecular weight excluding hydrogens is 400 g/mol. The predicted octanol–water partition coefficient (Wildman–Crippen LogP) is 4.29. The second-order valence-electron chi connectivity index (χ2n) is 6.80. The van der Waals surface area contributed by atoms with E-state index in [-0.39, 0.29) is 17.2 Å². The fourth-order valence-corrected chi connectivity index (χ4v) is 3.14. The van der Waals surface area contributed by atoms with Crippen molar-refractivity contribution < 1.29 is 0 Å². The number of rotatable bonds is 5. The van der Waals surface area contributed by atoms with Crippen LogP contribution < -0.4 is 11.0 Å². The lowest BCUT2D eigenvalue weighted by molar-refractivity contribution is 1.08. The molecule has 0 spiro atoms. The maximum atomic E-state index is 12.3. The molecule has 4 aromatic rings. The van der Waals surface area contributed by atoms with E-state index in [1.807, 2.05) is 60.7 Å². The standard InChI is InChI=1S/C25H16N6O/c26-14-17-9-11-19(12-10-17)21-8-4-5-18(13-21)16-28-31-25-29-23(20-6-2-1-3-7-20)22(15-27)24(32)30-25/h1-13,16H,(H2,29,30,31,32). The van der Waals surface area contributed by atoms with Crippen LogP contribution in [0.15, 0.2) is 88.8 Å². The van der Waals surface area contributed by atoms with Gasteiger partial charge in [-0.15, -0.1) is 0 Å². The average Bonchev–Trinajstić information content (AvgIpc) is 2.84. The van der Waals surface area contributed by atoms with E-state index in [1.165, 1.54) is 0 Å². The first-order chi connectivity index (χ1) is 15.7. The smallest absolute Gasteiger partial charge is 0.270 e. The van der Waals surface area contributed by atoms with Crippen molar-refractivity contribution in [3.63, 3.8) is 0 Å². The highest BCUT2D eigenvalue weighted by molar-refractivity contribution is 5.83. The molecule has 152 valence electrons. The molecule has 7 heteroatoms. The molecule has 1 heterocycles. The molecule has 0 aliphatic heterocycles. The third-order valence-electron chi connectivity index (χ3n) is 4.70. The zero-order chi connectivity index (χ0) is 22.3. The molecule has 0 aliphatic carbocycles. The third kappa shape index (κ3) is 4.43. The molecule has 32 heavy (non-hydrogen) atoms. The Kier molecular flexibility index (Phi) is 5.83. The summed E-state index contributed by atoms with van der Waals surface area (Å²) in [6.07, 6.45) is 1.60. The van der Waals surface area contributed by atoms with Gasteiger partial charge < -0.3 is 0 Å². The molecule has 3 aromatic carbocycles. The number of nitriles is 2. The van der Waals surface area contributed by atoms with Crippen LogP contribution in [-0.4, -0.2) is 16.2 Å². The van der Waals surface area contributed by atoms with Crippen molar-refractivity contribution in [1.29, 1.82) is 10.5 Å². The van der Waals surface area contributed by atoms with Gasteiger partial charge in [0.2, 0.25) is 5.95 Å². The first kappa shape index (κ1) is 20.3. The van der Waals surface area contributed by atoms with Crippen LogP contribution in [0.5, 0.6) is 0 Å². The minimum Gasteiger partial charge on any atom is -0.290 e. The summed E-state index contributed by atoms with van der Waals surface area (Å²) >= 11 is 0. The second kappa shape index (κ2) is 9.21. The van der Waals surface area contributed by atoms with Gasteiger partial charge in [-0.3, -0.25) is 9.78 Å². The lowest BCUT2D eigenvalue weighted by atomic mass is 10.0. The van der Waals surface area contributed by atoms with Crippen molar-refractivity contribution in [3.05, 3.63) is 106 Å². The summed E-state index contributed by atoms with van der Waals surface area (Å²) in [6, 6.07) is 28.1.